The highest BCUT2D eigenvalue weighted by molar-refractivity contribution is 9.10. The van der Waals surface area contributed by atoms with Crippen LogP contribution in [0.3, 0.4) is 0 Å². The van der Waals surface area contributed by atoms with Crippen LogP contribution in [0.5, 0.6) is 0 Å². The van der Waals surface area contributed by atoms with Crippen molar-refractivity contribution in [2.75, 3.05) is 40.4 Å². The number of benzene rings is 1. The molecule has 1 aliphatic rings. The van der Waals surface area contributed by atoms with Crippen molar-refractivity contribution in [1.82, 2.24) is 19.7 Å². The molecular weight excluding hydrogens is 418 g/mol. The minimum atomic E-state index is 0.755. The van der Waals surface area contributed by atoms with Crippen molar-refractivity contribution >= 4 is 21.9 Å². The number of aliphatic imine (C=N–C) groups is 1. The highest BCUT2D eigenvalue weighted by Gasteiger charge is 2.12. The third kappa shape index (κ3) is 5.83. The van der Waals surface area contributed by atoms with Gasteiger partial charge in [0, 0.05) is 63.7 Å². The van der Waals surface area contributed by atoms with E-state index in [1.165, 1.54) is 16.8 Å². The maximum absolute atomic E-state index is 5.44. The van der Waals surface area contributed by atoms with Crippen LogP contribution in [-0.4, -0.2) is 60.7 Å². The molecule has 7 heteroatoms. The Bertz CT molecular complexity index is 798. The number of halogens is 1. The molecule has 0 saturated carbocycles. The van der Waals surface area contributed by atoms with Crippen molar-refractivity contribution in [3.05, 3.63) is 57.8 Å². The molecule has 0 bridgehead atoms. The van der Waals surface area contributed by atoms with Gasteiger partial charge in [-0.25, -0.2) is 0 Å². The second-order valence-corrected chi connectivity index (χ2v) is 8.14. The van der Waals surface area contributed by atoms with Gasteiger partial charge in [0.2, 0.25) is 0 Å². The molecule has 3 rings (SSSR count). The Hall–Kier alpha value is -1.83. The van der Waals surface area contributed by atoms with Crippen LogP contribution in [0.15, 0.2) is 46.0 Å². The lowest BCUT2D eigenvalue weighted by Crippen LogP contribution is -2.38. The number of rotatable bonds is 6. The SMILES string of the molecule is CN=C(NCc1cccc(CN2CCOCC2)c1)N(C)Cc1cc(Br)cn1C. The molecule has 0 atom stereocenters. The molecule has 0 unspecified atom stereocenters. The molecular formula is C21H30BrN5O. The summed E-state index contributed by atoms with van der Waals surface area (Å²) in [6.07, 6.45) is 2.07. The van der Waals surface area contributed by atoms with E-state index >= 15 is 0 Å². The number of aryl methyl sites for hydroxylation is 1. The Morgan fingerprint density at radius 1 is 1.25 bits per heavy atom. The predicted molar refractivity (Wildman–Crippen MR) is 117 cm³/mol. The van der Waals surface area contributed by atoms with Gasteiger partial charge < -0.3 is 19.5 Å². The molecule has 0 aliphatic carbocycles. The van der Waals surface area contributed by atoms with Gasteiger partial charge in [-0.3, -0.25) is 9.89 Å². The second kappa shape index (κ2) is 10.1. The Morgan fingerprint density at radius 2 is 2.00 bits per heavy atom. The molecule has 0 radical (unpaired) electrons. The van der Waals surface area contributed by atoms with Crippen LogP contribution in [0.1, 0.15) is 16.8 Å². The summed E-state index contributed by atoms with van der Waals surface area (Å²) in [5.41, 5.74) is 3.84. The number of guanidine groups is 1. The Labute approximate surface area is 176 Å². The first-order chi connectivity index (χ1) is 13.5. The minimum Gasteiger partial charge on any atom is -0.379 e. The zero-order chi connectivity index (χ0) is 19.9. The van der Waals surface area contributed by atoms with Gasteiger partial charge in [0.25, 0.3) is 0 Å². The van der Waals surface area contributed by atoms with Gasteiger partial charge in [0.05, 0.1) is 19.8 Å². The molecule has 152 valence electrons. The normalized spacial score (nSPS) is 15.6. The molecule has 1 aliphatic heterocycles. The first-order valence-electron chi connectivity index (χ1n) is 9.65. The molecule has 1 fully saturated rings. The molecule has 1 saturated heterocycles. The van der Waals surface area contributed by atoms with Gasteiger partial charge in [-0.15, -0.1) is 0 Å². The van der Waals surface area contributed by atoms with Gasteiger partial charge in [0.1, 0.15) is 0 Å². The highest BCUT2D eigenvalue weighted by atomic mass is 79.9. The number of nitrogens with zero attached hydrogens (tertiary/aromatic N) is 4. The lowest BCUT2D eigenvalue weighted by atomic mass is 10.1. The second-order valence-electron chi connectivity index (χ2n) is 7.23. The van der Waals surface area contributed by atoms with Crippen LogP contribution in [-0.2, 0) is 31.4 Å². The van der Waals surface area contributed by atoms with Gasteiger partial charge in [-0.2, -0.15) is 0 Å². The highest BCUT2D eigenvalue weighted by Crippen LogP contribution is 2.15. The molecule has 2 aromatic rings. The van der Waals surface area contributed by atoms with E-state index in [9.17, 15) is 0 Å². The van der Waals surface area contributed by atoms with Gasteiger partial charge in [-0.05, 0) is 33.1 Å². The van der Waals surface area contributed by atoms with Crippen molar-refractivity contribution in [2.45, 2.75) is 19.6 Å². The van der Waals surface area contributed by atoms with E-state index in [2.05, 4.69) is 91.2 Å². The molecule has 6 nitrogen and oxygen atoms in total. The summed E-state index contributed by atoms with van der Waals surface area (Å²) in [6.45, 7) is 6.21. The number of ether oxygens (including phenoxy) is 1. The molecule has 2 heterocycles. The number of morpholine rings is 1. The Morgan fingerprint density at radius 3 is 2.68 bits per heavy atom. The van der Waals surface area contributed by atoms with Crippen LogP contribution >= 0.6 is 15.9 Å². The zero-order valence-corrected chi connectivity index (χ0v) is 18.6. The van der Waals surface area contributed by atoms with E-state index in [1.54, 1.807) is 0 Å². The smallest absolute Gasteiger partial charge is 0.194 e. The van der Waals surface area contributed by atoms with Gasteiger partial charge in [-0.1, -0.05) is 24.3 Å². The van der Waals surface area contributed by atoms with E-state index in [4.69, 9.17) is 4.74 Å². The lowest BCUT2D eigenvalue weighted by molar-refractivity contribution is 0.0342. The monoisotopic (exact) mass is 447 g/mol. The Balaban J connectivity index is 1.55. The van der Waals surface area contributed by atoms with Crippen molar-refractivity contribution < 1.29 is 4.74 Å². The van der Waals surface area contributed by atoms with Crippen molar-refractivity contribution in [1.29, 1.82) is 0 Å². The van der Waals surface area contributed by atoms with E-state index in [0.717, 1.165) is 56.4 Å². The molecule has 1 aromatic heterocycles. The van der Waals surface area contributed by atoms with E-state index in [0.29, 0.717) is 0 Å². The standard InChI is InChI=1S/C21H30BrN5O/c1-23-21(26(3)16-20-12-19(22)15-25(20)2)24-13-17-5-4-6-18(11-17)14-27-7-9-28-10-8-27/h4-6,11-12,15H,7-10,13-14,16H2,1-3H3,(H,23,24). The van der Waals surface area contributed by atoms with Gasteiger partial charge in [0.15, 0.2) is 5.96 Å². The third-order valence-electron chi connectivity index (χ3n) is 5.00. The summed E-state index contributed by atoms with van der Waals surface area (Å²) in [5.74, 6) is 0.885. The topological polar surface area (TPSA) is 45.0 Å². The number of aromatic nitrogens is 1. The largest absolute Gasteiger partial charge is 0.379 e. The number of nitrogens with one attached hydrogen (secondary N) is 1. The summed E-state index contributed by atoms with van der Waals surface area (Å²) in [6, 6.07) is 10.9. The van der Waals surface area contributed by atoms with Gasteiger partial charge >= 0.3 is 0 Å². The van der Waals surface area contributed by atoms with E-state index < -0.39 is 0 Å². The quantitative estimate of drug-likeness (QED) is 0.546. The molecule has 1 N–H and O–H groups in total. The van der Waals surface area contributed by atoms with Crippen molar-refractivity contribution in [3.8, 4) is 0 Å². The number of hydrogen-bond acceptors (Lipinski definition) is 3. The summed E-state index contributed by atoms with van der Waals surface area (Å²) in [4.78, 5) is 9.02. The average Bonchev–Trinajstić information content (AvgIpc) is 3.00. The summed E-state index contributed by atoms with van der Waals surface area (Å²) < 4.78 is 8.66. The van der Waals surface area contributed by atoms with E-state index in [-0.39, 0.29) is 0 Å². The molecule has 1 aromatic carbocycles. The van der Waals surface area contributed by atoms with Crippen molar-refractivity contribution in [2.24, 2.45) is 12.0 Å². The first-order valence-corrected chi connectivity index (χ1v) is 10.4. The van der Waals surface area contributed by atoms with E-state index in [1.807, 2.05) is 7.05 Å². The fraction of sp³-hybridized carbons (Fsp3) is 0.476. The average molecular weight is 448 g/mol. The predicted octanol–water partition coefficient (Wildman–Crippen LogP) is 2.83. The fourth-order valence-corrected chi connectivity index (χ4v) is 4.03. The Kier molecular flexibility index (Phi) is 7.53. The summed E-state index contributed by atoms with van der Waals surface area (Å²) in [5, 5.41) is 3.48. The summed E-state index contributed by atoms with van der Waals surface area (Å²) in [7, 11) is 5.95. The number of hydrogen-bond donors (Lipinski definition) is 1. The third-order valence-corrected chi connectivity index (χ3v) is 5.43. The maximum Gasteiger partial charge on any atom is 0.194 e. The first kappa shape index (κ1) is 20.9. The molecule has 28 heavy (non-hydrogen) atoms. The van der Waals surface area contributed by atoms with Crippen LogP contribution in [0, 0.1) is 0 Å². The van der Waals surface area contributed by atoms with Crippen molar-refractivity contribution in [3.63, 3.8) is 0 Å². The minimum absolute atomic E-state index is 0.755. The fourth-order valence-electron chi connectivity index (χ4n) is 3.46. The summed E-state index contributed by atoms with van der Waals surface area (Å²) >= 11 is 3.53. The van der Waals surface area contributed by atoms with Crippen LogP contribution in [0.2, 0.25) is 0 Å². The molecule has 0 amide bonds. The molecule has 0 spiro atoms. The zero-order valence-electron chi connectivity index (χ0n) is 17.0. The maximum atomic E-state index is 5.44. The van der Waals surface area contributed by atoms with Crippen LogP contribution < -0.4 is 5.32 Å². The van der Waals surface area contributed by atoms with Crippen LogP contribution in [0.4, 0.5) is 0 Å². The van der Waals surface area contributed by atoms with Crippen LogP contribution in [0.25, 0.3) is 0 Å². The lowest BCUT2D eigenvalue weighted by Gasteiger charge is -2.26.